The van der Waals surface area contributed by atoms with E-state index in [2.05, 4.69) is 41.2 Å². The molecule has 1 unspecified atom stereocenters. The van der Waals surface area contributed by atoms with Crippen molar-refractivity contribution in [2.45, 2.75) is 76.5 Å². The third-order valence-electron chi connectivity index (χ3n) is 10.0. The van der Waals surface area contributed by atoms with Crippen molar-refractivity contribution in [1.29, 1.82) is 0 Å². The van der Waals surface area contributed by atoms with Crippen molar-refractivity contribution in [3.05, 3.63) is 64.9 Å². The van der Waals surface area contributed by atoms with Gasteiger partial charge in [-0.2, -0.15) is 0 Å². The molecule has 0 spiro atoms. The Balaban J connectivity index is 0.000000290. The first kappa shape index (κ1) is 33.6. The predicted molar refractivity (Wildman–Crippen MR) is 192 cm³/mol. The fourth-order valence-corrected chi connectivity index (χ4v) is 10.8. The summed E-state index contributed by atoms with van der Waals surface area (Å²) in [4.78, 5) is 10.4. The Labute approximate surface area is 291 Å². The summed E-state index contributed by atoms with van der Waals surface area (Å²) in [6, 6.07) is 10.2. The van der Waals surface area contributed by atoms with Gasteiger partial charge in [0.05, 0.1) is 39.4 Å². The number of ether oxygens (including phenoxy) is 2. The van der Waals surface area contributed by atoms with Crippen LogP contribution in [0.4, 0.5) is 5.82 Å². The van der Waals surface area contributed by atoms with Crippen molar-refractivity contribution in [3.8, 4) is 27.6 Å². The minimum absolute atomic E-state index is 0.0420. The van der Waals surface area contributed by atoms with Crippen molar-refractivity contribution in [1.82, 2.24) is 20.2 Å². The standard InChI is InChI=1S/C27H31N5O4S2.C10H12O/c1-14(2)18-13-38(33,34)25-22(20-12-17-6-9-29-26(28)24(17)37-20)21(27-32-31-15(3)36-27)19(30-23(18)25)5-4-16-7-10-35-11-8-16;1-11-10-7-3-5-8-4-2-6-9(8)10/h6,9,12,14,16,18H,4-5,7-8,10-11,13H2,1-3H3,(H2,28,29);3,5,7H,2,4,6H2,1H3. The highest BCUT2D eigenvalue weighted by Crippen LogP contribution is 2.50. The Bertz CT molecular complexity index is 2100. The number of aryl methyl sites for hydroxylation is 3. The summed E-state index contributed by atoms with van der Waals surface area (Å²) in [5, 5.41) is 9.35. The van der Waals surface area contributed by atoms with Crippen LogP contribution in [0.3, 0.4) is 0 Å². The zero-order chi connectivity index (χ0) is 34.3. The lowest BCUT2D eigenvalue weighted by molar-refractivity contribution is 0.0639. The number of benzene rings is 1. The molecule has 1 aromatic carbocycles. The first-order valence-corrected chi connectivity index (χ1v) is 19.6. The average Bonchev–Trinajstić information content (AvgIpc) is 3.89. The van der Waals surface area contributed by atoms with Crippen LogP contribution in [0.25, 0.3) is 32.0 Å². The highest BCUT2D eigenvalue weighted by atomic mass is 32.2. The number of thiophene rings is 1. The summed E-state index contributed by atoms with van der Waals surface area (Å²) < 4.78 is 45.2. The molecule has 3 aliphatic rings. The Hall–Kier alpha value is -3.87. The quantitative estimate of drug-likeness (QED) is 0.183. The van der Waals surface area contributed by atoms with E-state index < -0.39 is 9.84 Å². The molecule has 0 radical (unpaired) electrons. The van der Waals surface area contributed by atoms with Gasteiger partial charge in [0.25, 0.3) is 0 Å². The van der Waals surface area contributed by atoms with Gasteiger partial charge in [0.15, 0.2) is 9.84 Å². The van der Waals surface area contributed by atoms with E-state index in [0.29, 0.717) is 46.8 Å². The van der Waals surface area contributed by atoms with Gasteiger partial charge in [-0.25, -0.2) is 13.4 Å². The zero-order valence-electron chi connectivity index (χ0n) is 28.5. The Morgan fingerprint density at radius 2 is 1.92 bits per heavy atom. The van der Waals surface area contributed by atoms with Gasteiger partial charge >= 0.3 is 0 Å². The second-order valence-corrected chi connectivity index (χ2v) is 16.6. The maximum absolute atomic E-state index is 13.8. The number of nitrogen functional groups attached to an aromatic ring is 1. The van der Waals surface area contributed by atoms with Crippen LogP contribution in [0, 0.1) is 18.8 Å². The van der Waals surface area contributed by atoms with Crippen molar-refractivity contribution < 1.29 is 22.3 Å². The molecular formula is C37H43N5O5S2. The highest BCUT2D eigenvalue weighted by molar-refractivity contribution is 7.92. The second kappa shape index (κ2) is 13.8. The molecule has 2 aliphatic heterocycles. The molecule has 2 N–H and O–H groups in total. The van der Waals surface area contributed by atoms with Gasteiger partial charge in [-0.3, -0.25) is 4.98 Å². The summed E-state index contributed by atoms with van der Waals surface area (Å²) in [6.45, 7) is 7.39. The molecular weight excluding hydrogens is 659 g/mol. The van der Waals surface area contributed by atoms with Gasteiger partial charge < -0.3 is 19.6 Å². The Morgan fingerprint density at radius 3 is 2.63 bits per heavy atom. The van der Waals surface area contributed by atoms with E-state index in [9.17, 15) is 8.42 Å². The van der Waals surface area contributed by atoms with E-state index in [0.717, 1.165) is 58.9 Å². The normalized spacial score (nSPS) is 18.3. The van der Waals surface area contributed by atoms with Crippen LogP contribution in [0.5, 0.6) is 5.75 Å². The number of aromatic nitrogens is 4. The Kier molecular flexibility index (Phi) is 9.47. The SMILES string of the molecule is COc1cccc2c1CCC2.Cc1nnc(-c2c(CCC3CCOCC3)nc3c(c2-c2cc4ccnc(N)c4s2)S(=O)(=O)CC3C(C)C)o1. The average molecular weight is 702 g/mol. The monoisotopic (exact) mass is 701 g/mol. The second-order valence-electron chi connectivity index (χ2n) is 13.6. The van der Waals surface area contributed by atoms with Gasteiger partial charge in [0, 0.05) is 42.7 Å². The summed E-state index contributed by atoms with van der Waals surface area (Å²) in [5.74, 6) is 2.70. The Morgan fingerprint density at radius 1 is 1.10 bits per heavy atom. The molecule has 1 aliphatic carbocycles. The van der Waals surface area contributed by atoms with Crippen molar-refractivity contribution in [2.24, 2.45) is 11.8 Å². The number of sulfone groups is 1. The smallest absolute Gasteiger partial charge is 0.250 e. The number of hydrogen-bond acceptors (Lipinski definition) is 11. The lowest BCUT2D eigenvalue weighted by atomic mass is 9.89. The lowest BCUT2D eigenvalue weighted by Gasteiger charge is -2.23. The van der Waals surface area contributed by atoms with Crippen LogP contribution < -0.4 is 10.5 Å². The van der Waals surface area contributed by atoms with E-state index in [1.165, 1.54) is 41.7 Å². The summed E-state index contributed by atoms with van der Waals surface area (Å²) >= 11 is 1.44. The third kappa shape index (κ3) is 6.58. The molecule has 10 nitrogen and oxygen atoms in total. The van der Waals surface area contributed by atoms with E-state index >= 15 is 0 Å². The number of nitrogens with two attached hydrogens (primary N) is 1. The predicted octanol–water partition coefficient (Wildman–Crippen LogP) is 7.37. The van der Waals surface area contributed by atoms with E-state index in [4.69, 9.17) is 24.6 Å². The molecule has 258 valence electrons. The maximum Gasteiger partial charge on any atom is 0.250 e. The van der Waals surface area contributed by atoms with Crippen LogP contribution in [0.1, 0.15) is 73.9 Å². The first-order valence-electron chi connectivity index (χ1n) is 17.1. The highest BCUT2D eigenvalue weighted by Gasteiger charge is 2.43. The van der Waals surface area contributed by atoms with Crippen LogP contribution in [-0.4, -0.2) is 54.7 Å². The van der Waals surface area contributed by atoms with E-state index in [-0.39, 0.29) is 22.5 Å². The summed E-state index contributed by atoms with van der Waals surface area (Å²) in [5.41, 5.74) is 11.8. The largest absolute Gasteiger partial charge is 0.496 e. The minimum Gasteiger partial charge on any atom is -0.496 e. The van der Waals surface area contributed by atoms with Crippen LogP contribution in [0.15, 0.2) is 45.8 Å². The number of rotatable bonds is 7. The molecule has 1 saturated heterocycles. The number of methoxy groups -OCH3 is 1. The van der Waals surface area contributed by atoms with Crippen molar-refractivity contribution in [3.63, 3.8) is 0 Å². The molecule has 8 rings (SSSR count). The van der Waals surface area contributed by atoms with Crippen molar-refractivity contribution >= 4 is 37.1 Å². The van der Waals surface area contributed by atoms with Crippen LogP contribution in [-0.2, 0) is 33.8 Å². The van der Waals surface area contributed by atoms with Gasteiger partial charge in [-0.05, 0) is 91.5 Å². The summed E-state index contributed by atoms with van der Waals surface area (Å²) in [7, 11) is -1.87. The zero-order valence-corrected chi connectivity index (χ0v) is 30.1. The molecule has 1 atom stereocenters. The lowest BCUT2D eigenvalue weighted by Crippen LogP contribution is -2.17. The molecule has 0 amide bonds. The topological polar surface area (TPSA) is 143 Å². The number of pyridine rings is 2. The molecule has 6 heterocycles. The van der Waals surface area contributed by atoms with Crippen LogP contribution in [0.2, 0.25) is 0 Å². The van der Waals surface area contributed by atoms with Crippen molar-refractivity contribution in [2.75, 3.05) is 31.8 Å². The third-order valence-corrected chi connectivity index (χ3v) is 13.0. The number of nitrogens with zero attached hydrogens (tertiary/aromatic N) is 4. The number of anilines is 1. The number of hydrogen-bond donors (Lipinski definition) is 1. The van der Waals surface area contributed by atoms with E-state index in [1.807, 2.05) is 18.2 Å². The van der Waals surface area contributed by atoms with Gasteiger partial charge in [-0.15, -0.1) is 21.5 Å². The maximum atomic E-state index is 13.8. The first-order chi connectivity index (χ1) is 23.6. The molecule has 1 fully saturated rings. The fourth-order valence-electron chi connectivity index (χ4n) is 7.42. The minimum atomic E-state index is -3.61. The molecule has 0 bridgehead atoms. The van der Waals surface area contributed by atoms with E-state index in [1.54, 1.807) is 20.2 Å². The molecule has 49 heavy (non-hydrogen) atoms. The fraction of sp³-hybridized carbons (Fsp3) is 0.459. The van der Waals surface area contributed by atoms with Gasteiger partial charge in [0.2, 0.25) is 11.8 Å². The summed E-state index contributed by atoms with van der Waals surface area (Å²) in [6.07, 6.45) is 9.01. The molecule has 5 aromatic rings. The molecule has 0 saturated carbocycles. The van der Waals surface area contributed by atoms with Gasteiger partial charge in [-0.1, -0.05) is 26.0 Å². The van der Waals surface area contributed by atoms with Gasteiger partial charge in [0.1, 0.15) is 11.6 Å². The molecule has 12 heteroatoms. The number of fused-ring (bicyclic) bond motifs is 3. The molecule has 4 aromatic heterocycles. The van der Waals surface area contributed by atoms with Crippen LogP contribution >= 0.6 is 11.3 Å².